The lowest BCUT2D eigenvalue weighted by Crippen LogP contribution is -2.44. The zero-order valence-electron chi connectivity index (χ0n) is 10.7. The molecule has 2 heterocycles. The van der Waals surface area contributed by atoms with E-state index in [1.165, 1.54) is 18.2 Å². The van der Waals surface area contributed by atoms with E-state index < -0.39 is 23.9 Å². The molecule has 112 valence electrons. The molecule has 1 aromatic heterocycles. The number of nitrogens with zero attached hydrogens (tertiary/aromatic N) is 1. The second kappa shape index (κ2) is 4.64. The molecular weight excluding hydrogens is 289 g/mol. The average Bonchev–Trinajstić information content (AvgIpc) is 3.01. The Morgan fingerprint density at radius 3 is 2.86 bits per heavy atom. The molecule has 1 aliphatic heterocycles. The second-order valence-electron chi connectivity index (χ2n) is 4.92. The van der Waals surface area contributed by atoms with Crippen molar-refractivity contribution in [2.75, 3.05) is 6.54 Å². The van der Waals surface area contributed by atoms with Gasteiger partial charge in [-0.05, 0) is 31.0 Å². The Hall–Kier alpha value is -2.25. The third-order valence-corrected chi connectivity index (χ3v) is 3.56. The number of aromatic amines is 1. The van der Waals surface area contributed by atoms with Crippen molar-refractivity contribution in [3.05, 3.63) is 34.3 Å². The van der Waals surface area contributed by atoms with Crippen LogP contribution >= 0.6 is 0 Å². The van der Waals surface area contributed by atoms with Gasteiger partial charge in [0.15, 0.2) is 5.58 Å². The number of oxazole rings is 1. The van der Waals surface area contributed by atoms with Gasteiger partial charge < -0.3 is 9.32 Å². The highest BCUT2D eigenvalue weighted by molar-refractivity contribution is 5.97. The van der Waals surface area contributed by atoms with Crippen LogP contribution in [0.15, 0.2) is 27.4 Å². The van der Waals surface area contributed by atoms with Gasteiger partial charge in [-0.15, -0.1) is 0 Å². The molecule has 1 aromatic carbocycles. The largest absolute Gasteiger partial charge is 0.417 e. The normalized spacial score (nSPS) is 19.4. The highest BCUT2D eigenvalue weighted by atomic mass is 19.4. The summed E-state index contributed by atoms with van der Waals surface area (Å²) in [5.74, 6) is -1.37. The van der Waals surface area contributed by atoms with Crippen molar-refractivity contribution < 1.29 is 22.4 Å². The molecule has 5 nitrogen and oxygen atoms in total. The van der Waals surface area contributed by atoms with E-state index in [-0.39, 0.29) is 29.6 Å². The van der Waals surface area contributed by atoms with Crippen molar-refractivity contribution >= 4 is 17.0 Å². The molecule has 0 saturated carbocycles. The Balaban J connectivity index is 1.94. The fourth-order valence-electron chi connectivity index (χ4n) is 2.60. The zero-order chi connectivity index (χ0) is 15.2. The predicted octanol–water partition coefficient (Wildman–Crippen LogP) is 2.29. The Morgan fingerprint density at radius 2 is 2.14 bits per heavy atom. The average molecular weight is 300 g/mol. The van der Waals surface area contributed by atoms with Crippen molar-refractivity contribution in [2.24, 2.45) is 0 Å². The van der Waals surface area contributed by atoms with Crippen LogP contribution in [0.1, 0.15) is 23.2 Å². The maximum absolute atomic E-state index is 12.9. The van der Waals surface area contributed by atoms with Gasteiger partial charge in [-0.25, -0.2) is 4.79 Å². The summed E-state index contributed by atoms with van der Waals surface area (Å²) >= 11 is 0. The first-order valence-electron chi connectivity index (χ1n) is 6.37. The molecule has 1 fully saturated rings. The summed E-state index contributed by atoms with van der Waals surface area (Å²) in [7, 11) is 0. The van der Waals surface area contributed by atoms with Gasteiger partial charge in [-0.2, -0.15) is 13.2 Å². The molecule has 1 N–H and O–H groups in total. The van der Waals surface area contributed by atoms with Gasteiger partial charge in [-0.1, -0.05) is 0 Å². The van der Waals surface area contributed by atoms with Crippen molar-refractivity contribution in [3.63, 3.8) is 0 Å². The Bertz CT molecular complexity index is 747. The van der Waals surface area contributed by atoms with Crippen LogP contribution in [0, 0.1) is 0 Å². The summed E-state index contributed by atoms with van der Waals surface area (Å²) in [5, 5.41) is 0. The number of rotatable bonds is 1. The van der Waals surface area contributed by atoms with Gasteiger partial charge in [0.1, 0.15) is 6.04 Å². The molecule has 0 radical (unpaired) electrons. The summed E-state index contributed by atoms with van der Waals surface area (Å²) in [5.41, 5.74) is 0.634. The zero-order valence-corrected chi connectivity index (χ0v) is 10.7. The van der Waals surface area contributed by atoms with E-state index in [0.717, 1.165) is 4.90 Å². The summed E-state index contributed by atoms with van der Waals surface area (Å²) < 4.78 is 43.4. The van der Waals surface area contributed by atoms with Gasteiger partial charge in [0.2, 0.25) is 0 Å². The Kier molecular flexibility index (Phi) is 3.03. The molecule has 1 amide bonds. The molecule has 2 aromatic rings. The smallest absolute Gasteiger partial charge is 0.408 e. The second-order valence-corrected chi connectivity index (χ2v) is 4.92. The Labute approximate surface area is 116 Å². The standard InChI is InChI=1S/C13H11F3N2O3/c14-13(15,16)10-2-1-5-18(10)11(19)7-3-4-9-8(6-7)17-12(20)21-9/h3-4,6,10H,1-2,5H2,(H,17,20)/t10-/m0/s1. The lowest BCUT2D eigenvalue weighted by molar-refractivity contribution is -0.169. The molecule has 1 aliphatic rings. The van der Waals surface area contributed by atoms with E-state index in [1.807, 2.05) is 0 Å². The number of carbonyl (C=O) groups is 1. The van der Waals surface area contributed by atoms with E-state index in [0.29, 0.717) is 6.42 Å². The number of hydrogen-bond acceptors (Lipinski definition) is 3. The van der Waals surface area contributed by atoms with Crippen LogP contribution in [0.5, 0.6) is 0 Å². The molecule has 0 aliphatic carbocycles. The van der Waals surface area contributed by atoms with Gasteiger partial charge in [0.25, 0.3) is 5.91 Å². The van der Waals surface area contributed by atoms with Crippen molar-refractivity contribution in [1.29, 1.82) is 0 Å². The number of carbonyl (C=O) groups excluding carboxylic acids is 1. The maximum Gasteiger partial charge on any atom is 0.417 e. The number of H-pyrrole nitrogens is 1. The first-order chi connectivity index (χ1) is 9.86. The van der Waals surface area contributed by atoms with E-state index in [2.05, 4.69) is 4.98 Å². The number of benzene rings is 1. The minimum Gasteiger partial charge on any atom is -0.408 e. The number of fused-ring (bicyclic) bond motifs is 1. The van der Waals surface area contributed by atoms with Crippen molar-refractivity contribution in [3.8, 4) is 0 Å². The number of halogens is 3. The van der Waals surface area contributed by atoms with Crippen LogP contribution in [0.25, 0.3) is 11.1 Å². The predicted molar refractivity (Wildman–Crippen MR) is 66.9 cm³/mol. The first kappa shape index (κ1) is 13.7. The van der Waals surface area contributed by atoms with Crippen molar-refractivity contribution in [2.45, 2.75) is 25.1 Å². The van der Waals surface area contributed by atoms with E-state index in [1.54, 1.807) is 0 Å². The fourth-order valence-corrected chi connectivity index (χ4v) is 2.60. The first-order valence-corrected chi connectivity index (χ1v) is 6.37. The number of amides is 1. The molecule has 0 bridgehead atoms. The quantitative estimate of drug-likeness (QED) is 0.878. The number of likely N-dealkylation sites (tertiary alicyclic amines) is 1. The monoisotopic (exact) mass is 300 g/mol. The summed E-state index contributed by atoms with van der Waals surface area (Å²) in [6, 6.07) is 2.32. The molecule has 0 unspecified atom stereocenters. The highest BCUT2D eigenvalue weighted by Crippen LogP contribution is 2.33. The summed E-state index contributed by atoms with van der Waals surface area (Å²) in [6.45, 7) is 0.0724. The lowest BCUT2D eigenvalue weighted by atomic mass is 10.1. The minimum absolute atomic E-state index is 0.0724. The molecule has 0 spiro atoms. The summed E-state index contributed by atoms with van der Waals surface area (Å²) in [4.78, 5) is 26.5. The SMILES string of the molecule is O=C(c1ccc2oc(=O)[nH]c2c1)N1CCC[C@H]1C(F)(F)F. The molecule has 8 heteroatoms. The molecule has 1 atom stereocenters. The summed E-state index contributed by atoms with van der Waals surface area (Å²) in [6.07, 6.45) is -4.19. The van der Waals surface area contributed by atoms with Crippen LogP contribution in [0.3, 0.4) is 0 Å². The van der Waals surface area contributed by atoms with Crippen LogP contribution in [0.2, 0.25) is 0 Å². The lowest BCUT2D eigenvalue weighted by Gasteiger charge is -2.26. The maximum atomic E-state index is 12.9. The van der Waals surface area contributed by atoms with Crippen LogP contribution in [0.4, 0.5) is 13.2 Å². The molecule has 3 rings (SSSR count). The van der Waals surface area contributed by atoms with Crippen LogP contribution in [-0.2, 0) is 0 Å². The van der Waals surface area contributed by atoms with E-state index >= 15 is 0 Å². The van der Waals surface area contributed by atoms with Crippen LogP contribution in [-0.4, -0.2) is 34.6 Å². The van der Waals surface area contributed by atoms with Gasteiger partial charge >= 0.3 is 11.9 Å². The third kappa shape index (κ3) is 2.41. The topological polar surface area (TPSA) is 66.3 Å². The Morgan fingerprint density at radius 1 is 1.38 bits per heavy atom. The van der Waals surface area contributed by atoms with Crippen molar-refractivity contribution in [1.82, 2.24) is 9.88 Å². The van der Waals surface area contributed by atoms with Gasteiger partial charge in [-0.3, -0.25) is 9.78 Å². The number of aromatic nitrogens is 1. The van der Waals surface area contributed by atoms with Crippen LogP contribution < -0.4 is 5.76 Å². The van der Waals surface area contributed by atoms with E-state index in [9.17, 15) is 22.8 Å². The minimum atomic E-state index is -4.43. The number of nitrogens with one attached hydrogen (secondary N) is 1. The molecule has 1 saturated heterocycles. The number of alkyl halides is 3. The molecular formula is C13H11F3N2O3. The van der Waals surface area contributed by atoms with E-state index in [4.69, 9.17) is 4.42 Å². The number of hydrogen-bond donors (Lipinski definition) is 1. The fraction of sp³-hybridized carbons (Fsp3) is 0.385. The third-order valence-electron chi connectivity index (χ3n) is 3.56. The molecule has 21 heavy (non-hydrogen) atoms. The highest BCUT2D eigenvalue weighted by Gasteiger charge is 2.47. The van der Waals surface area contributed by atoms with Gasteiger partial charge in [0, 0.05) is 12.1 Å². The van der Waals surface area contributed by atoms with Gasteiger partial charge in [0.05, 0.1) is 5.52 Å².